The Hall–Kier alpha value is -2.04. The third-order valence-corrected chi connectivity index (χ3v) is 4.11. The molecule has 0 radical (unpaired) electrons. The van der Waals surface area contributed by atoms with Crippen LogP contribution in [0.3, 0.4) is 0 Å². The van der Waals surface area contributed by atoms with E-state index in [9.17, 15) is 9.59 Å². The first-order valence-corrected chi connectivity index (χ1v) is 8.17. The number of hydrogen-bond acceptors (Lipinski definition) is 3. The standard InChI is InChI=1S/C18H17Cl2NO3/c1-12(13-6-3-2-4-7-13)10-21-16(22)11-24-18(23)17-14(19)8-5-9-15(17)20/h2-9,12H,10-11H2,1H3,(H,21,22)/t12-/m1/s1. The number of amides is 1. The van der Waals surface area contributed by atoms with Crippen molar-refractivity contribution < 1.29 is 14.3 Å². The topological polar surface area (TPSA) is 55.4 Å². The van der Waals surface area contributed by atoms with Crippen molar-refractivity contribution in [2.45, 2.75) is 12.8 Å². The minimum absolute atomic E-state index is 0.0614. The zero-order chi connectivity index (χ0) is 17.5. The molecule has 0 saturated carbocycles. The van der Waals surface area contributed by atoms with Crippen LogP contribution in [0.2, 0.25) is 10.0 Å². The zero-order valence-corrected chi connectivity index (χ0v) is 14.6. The van der Waals surface area contributed by atoms with Gasteiger partial charge in [0.05, 0.1) is 15.6 Å². The first-order chi connectivity index (χ1) is 11.5. The normalized spacial score (nSPS) is 11.6. The monoisotopic (exact) mass is 365 g/mol. The average molecular weight is 366 g/mol. The van der Waals surface area contributed by atoms with E-state index in [4.69, 9.17) is 27.9 Å². The summed E-state index contributed by atoms with van der Waals surface area (Å²) in [6.07, 6.45) is 0. The molecule has 0 heterocycles. The van der Waals surface area contributed by atoms with E-state index in [1.165, 1.54) is 12.1 Å². The second kappa shape index (κ2) is 8.71. The Labute approximate surface area is 150 Å². The van der Waals surface area contributed by atoms with Crippen molar-refractivity contribution in [3.8, 4) is 0 Å². The van der Waals surface area contributed by atoms with Gasteiger partial charge in [-0.1, -0.05) is 66.5 Å². The molecule has 2 aromatic carbocycles. The van der Waals surface area contributed by atoms with Crippen LogP contribution >= 0.6 is 23.2 Å². The Balaban J connectivity index is 1.82. The summed E-state index contributed by atoms with van der Waals surface area (Å²) in [6.45, 7) is 2.07. The Morgan fingerprint density at radius 2 is 1.67 bits per heavy atom. The lowest BCUT2D eigenvalue weighted by atomic mass is 10.0. The third kappa shape index (κ3) is 4.98. The van der Waals surface area contributed by atoms with Gasteiger partial charge in [-0.3, -0.25) is 4.79 Å². The predicted molar refractivity (Wildman–Crippen MR) is 94.6 cm³/mol. The molecular weight excluding hydrogens is 349 g/mol. The van der Waals surface area contributed by atoms with Crippen LogP contribution < -0.4 is 5.32 Å². The number of rotatable bonds is 6. The Bertz CT molecular complexity index is 699. The van der Waals surface area contributed by atoms with Crippen LogP contribution in [0.15, 0.2) is 48.5 Å². The molecule has 6 heteroatoms. The molecular formula is C18H17Cl2NO3. The van der Waals surface area contributed by atoms with Crippen molar-refractivity contribution in [3.63, 3.8) is 0 Å². The molecule has 126 valence electrons. The molecule has 0 fully saturated rings. The minimum Gasteiger partial charge on any atom is -0.452 e. The van der Waals surface area contributed by atoms with Gasteiger partial charge in [0.1, 0.15) is 0 Å². The molecule has 2 aromatic rings. The summed E-state index contributed by atoms with van der Waals surface area (Å²) in [5.41, 5.74) is 1.18. The maximum absolute atomic E-state index is 12.0. The molecule has 0 bridgehead atoms. The van der Waals surface area contributed by atoms with E-state index < -0.39 is 5.97 Å². The summed E-state index contributed by atoms with van der Waals surface area (Å²) in [6, 6.07) is 14.5. The zero-order valence-electron chi connectivity index (χ0n) is 13.1. The summed E-state index contributed by atoms with van der Waals surface area (Å²) in [7, 11) is 0. The van der Waals surface area contributed by atoms with Gasteiger partial charge in [-0.2, -0.15) is 0 Å². The van der Waals surface area contributed by atoms with Crippen LogP contribution in [-0.2, 0) is 9.53 Å². The summed E-state index contributed by atoms with van der Waals surface area (Å²) < 4.78 is 4.97. The van der Waals surface area contributed by atoms with E-state index >= 15 is 0 Å². The highest BCUT2D eigenvalue weighted by atomic mass is 35.5. The van der Waals surface area contributed by atoms with Gasteiger partial charge in [0.15, 0.2) is 6.61 Å². The summed E-state index contributed by atoms with van der Waals surface area (Å²) in [5, 5.41) is 3.11. The fourth-order valence-electron chi connectivity index (χ4n) is 2.11. The molecule has 1 atom stereocenters. The predicted octanol–water partition coefficient (Wildman–Crippen LogP) is 4.07. The highest BCUT2D eigenvalue weighted by Gasteiger charge is 2.17. The van der Waals surface area contributed by atoms with Gasteiger partial charge < -0.3 is 10.1 Å². The molecule has 4 nitrogen and oxygen atoms in total. The fraction of sp³-hybridized carbons (Fsp3) is 0.222. The second-order valence-corrected chi connectivity index (χ2v) is 6.10. The maximum atomic E-state index is 12.0. The van der Waals surface area contributed by atoms with E-state index in [-0.39, 0.29) is 34.0 Å². The van der Waals surface area contributed by atoms with Crippen LogP contribution in [0.1, 0.15) is 28.8 Å². The Morgan fingerprint density at radius 3 is 2.29 bits per heavy atom. The van der Waals surface area contributed by atoms with Gasteiger partial charge in [-0.05, 0) is 23.6 Å². The number of benzene rings is 2. The van der Waals surface area contributed by atoms with Gasteiger partial charge in [-0.25, -0.2) is 4.79 Å². The quantitative estimate of drug-likeness (QED) is 0.784. The lowest BCUT2D eigenvalue weighted by Crippen LogP contribution is -2.31. The maximum Gasteiger partial charge on any atom is 0.341 e. The molecule has 1 amide bonds. The van der Waals surface area contributed by atoms with Crippen molar-refractivity contribution in [1.82, 2.24) is 5.32 Å². The highest BCUT2D eigenvalue weighted by Crippen LogP contribution is 2.24. The summed E-state index contributed by atoms with van der Waals surface area (Å²) >= 11 is 11.8. The number of esters is 1. The first kappa shape index (κ1) is 18.3. The van der Waals surface area contributed by atoms with E-state index in [0.29, 0.717) is 6.54 Å². The van der Waals surface area contributed by atoms with Crippen molar-refractivity contribution in [3.05, 3.63) is 69.7 Å². The van der Waals surface area contributed by atoms with E-state index in [0.717, 1.165) is 5.56 Å². The van der Waals surface area contributed by atoms with Crippen molar-refractivity contribution in [1.29, 1.82) is 0 Å². The number of hydrogen-bond donors (Lipinski definition) is 1. The smallest absolute Gasteiger partial charge is 0.341 e. The average Bonchev–Trinajstić information content (AvgIpc) is 2.58. The number of nitrogens with one attached hydrogen (secondary N) is 1. The highest BCUT2D eigenvalue weighted by molar-refractivity contribution is 6.39. The molecule has 0 unspecified atom stereocenters. The van der Waals surface area contributed by atoms with E-state index in [2.05, 4.69) is 5.32 Å². The van der Waals surface area contributed by atoms with Crippen molar-refractivity contribution in [2.75, 3.05) is 13.2 Å². The first-order valence-electron chi connectivity index (χ1n) is 7.42. The largest absolute Gasteiger partial charge is 0.452 e. The minimum atomic E-state index is -0.725. The van der Waals surface area contributed by atoms with E-state index in [1.54, 1.807) is 6.07 Å². The van der Waals surface area contributed by atoms with Crippen LogP contribution in [0.25, 0.3) is 0 Å². The fourth-order valence-corrected chi connectivity index (χ4v) is 2.67. The van der Waals surface area contributed by atoms with Gasteiger partial charge >= 0.3 is 5.97 Å². The van der Waals surface area contributed by atoms with Crippen molar-refractivity contribution >= 4 is 35.1 Å². The number of halogens is 2. The molecule has 0 aliphatic heterocycles. The molecule has 2 rings (SSSR count). The lowest BCUT2D eigenvalue weighted by molar-refractivity contribution is -0.124. The van der Waals surface area contributed by atoms with Gasteiger partial charge in [0.2, 0.25) is 0 Å². The van der Waals surface area contributed by atoms with Gasteiger partial charge in [0.25, 0.3) is 5.91 Å². The van der Waals surface area contributed by atoms with Crippen LogP contribution in [0.5, 0.6) is 0 Å². The van der Waals surface area contributed by atoms with Gasteiger partial charge in [0, 0.05) is 6.54 Å². The summed E-state index contributed by atoms with van der Waals surface area (Å²) in [4.78, 5) is 23.8. The van der Waals surface area contributed by atoms with Crippen LogP contribution in [0.4, 0.5) is 0 Å². The van der Waals surface area contributed by atoms with Crippen LogP contribution in [0, 0.1) is 0 Å². The van der Waals surface area contributed by atoms with Gasteiger partial charge in [-0.15, -0.1) is 0 Å². The number of carbonyl (C=O) groups is 2. The number of carbonyl (C=O) groups excluding carboxylic acids is 2. The molecule has 24 heavy (non-hydrogen) atoms. The Morgan fingerprint density at radius 1 is 1.04 bits per heavy atom. The second-order valence-electron chi connectivity index (χ2n) is 5.29. The molecule has 0 aliphatic carbocycles. The van der Waals surface area contributed by atoms with Crippen LogP contribution in [-0.4, -0.2) is 25.0 Å². The SMILES string of the molecule is C[C@H](CNC(=O)COC(=O)c1c(Cl)cccc1Cl)c1ccccc1. The molecule has 1 N–H and O–H groups in total. The van der Waals surface area contributed by atoms with E-state index in [1.807, 2.05) is 37.3 Å². The molecule has 0 spiro atoms. The number of ether oxygens (including phenoxy) is 1. The molecule has 0 saturated heterocycles. The molecule has 0 aromatic heterocycles. The Kier molecular flexibility index (Phi) is 6.64. The summed E-state index contributed by atoms with van der Waals surface area (Å²) in [5.74, 6) is -0.949. The molecule has 0 aliphatic rings. The van der Waals surface area contributed by atoms with Crippen molar-refractivity contribution in [2.24, 2.45) is 0 Å². The third-order valence-electron chi connectivity index (χ3n) is 3.48. The lowest BCUT2D eigenvalue weighted by Gasteiger charge is -2.13.